The highest BCUT2D eigenvalue weighted by Gasteiger charge is 2.40. The highest BCUT2D eigenvalue weighted by atomic mass is 35.5. The molecule has 2 bridgehead atoms. The van der Waals surface area contributed by atoms with Gasteiger partial charge in [0.1, 0.15) is 0 Å². The van der Waals surface area contributed by atoms with Gasteiger partial charge in [-0.05, 0) is 49.1 Å². The lowest BCUT2D eigenvalue weighted by Crippen LogP contribution is -2.15. The van der Waals surface area contributed by atoms with Gasteiger partial charge in [-0.1, -0.05) is 24.1 Å². The predicted molar refractivity (Wildman–Crippen MR) is 81.2 cm³/mol. The van der Waals surface area contributed by atoms with Crippen LogP contribution in [-0.2, 0) is 0 Å². The van der Waals surface area contributed by atoms with Crippen molar-refractivity contribution in [2.75, 3.05) is 0 Å². The van der Waals surface area contributed by atoms with E-state index in [1.54, 1.807) is 0 Å². The number of Topliss-reactive ketones (excluding diaryl/α,β-unsaturated/α-hetero) is 1. The third-order valence-electron chi connectivity index (χ3n) is 5.28. The number of aromatic amines is 1. The van der Waals surface area contributed by atoms with E-state index in [4.69, 9.17) is 11.6 Å². The molecule has 2 fully saturated rings. The molecule has 3 unspecified atom stereocenters. The largest absolute Gasteiger partial charge is 0.360 e. The predicted octanol–water partition coefficient (Wildman–Crippen LogP) is 4.83. The van der Waals surface area contributed by atoms with Crippen molar-refractivity contribution in [2.24, 2.45) is 17.8 Å². The Kier molecular flexibility index (Phi) is 2.88. The standard InChI is InChI=1S/C17H18ClNO/c18-13-3-4-14-15(9-19-16(14)8-13)17(20)7-12-6-10-1-2-11(12)5-10/h3-4,8-12,19H,1-2,5-7H2. The minimum atomic E-state index is 0.288. The first-order valence-corrected chi connectivity index (χ1v) is 7.88. The van der Waals surface area contributed by atoms with E-state index in [1.165, 1.54) is 25.7 Å². The van der Waals surface area contributed by atoms with Gasteiger partial charge < -0.3 is 4.98 Å². The van der Waals surface area contributed by atoms with Crippen LogP contribution in [0.5, 0.6) is 0 Å². The first kappa shape index (κ1) is 12.5. The normalized spacial score (nSPS) is 28.4. The van der Waals surface area contributed by atoms with E-state index >= 15 is 0 Å². The summed E-state index contributed by atoms with van der Waals surface area (Å²) in [6.07, 6.45) is 7.92. The third kappa shape index (κ3) is 1.98. The van der Waals surface area contributed by atoms with Crippen LogP contribution in [-0.4, -0.2) is 10.8 Å². The lowest BCUT2D eigenvalue weighted by Gasteiger charge is -2.20. The van der Waals surface area contributed by atoms with E-state index in [1.807, 2.05) is 24.4 Å². The van der Waals surface area contributed by atoms with Crippen LogP contribution in [0.2, 0.25) is 5.02 Å². The van der Waals surface area contributed by atoms with E-state index in [9.17, 15) is 4.79 Å². The minimum Gasteiger partial charge on any atom is -0.360 e. The molecule has 0 aliphatic heterocycles. The Morgan fingerprint density at radius 1 is 1.30 bits per heavy atom. The molecule has 1 N–H and O–H groups in total. The maximum Gasteiger partial charge on any atom is 0.165 e. The zero-order chi connectivity index (χ0) is 13.7. The Morgan fingerprint density at radius 3 is 2.95 bits per heavy atom. The van der Waals surface area contributed by atoms with Crippen LogP contribution in [0.25, 0.3) is 10.9 Å². The Balaban J connectivity index is 1.58. The number of fused-ring (bicyclic) bond motifs is 3. The molecule has 104 valence electrons. The second-order valence-corrected chi connectivity index (χ2v) is 6.89. The molecular weight excluding hydrogens is 270 g/mol. The van der Waals surface area contributed by atoms with E-state index < -0.39 is 0 Å². The molecule has 3 atom stereocenters. The zero-order valence-electron chi connectivity index (χ0n) is 11.4. The third-order valence-corrected chi connectivity index (χ3v) is 5.51. The van der Waals surface area contributed by atoms with Crippen molar-refractivity contribution in [3.8, 4) is 0 Å². The van der Waals surface area contributed by atoms with Crippen molar-refractivity contribution >= 4 is 28.3 Å². The van der Waals surface area contributed by atoms with Gasteiger partial charge in [-0.3, -0.25) is 4.79 Å². The summed E-state index contributed by atoms with van der Waals surface area (Å²) >= 11 is 5.98. The SMILES string of the molecule is O=C(CC1CC2CCC1C2)c1c[nH]c2cc(Cl)ccc12. The second kappa shape index (κ2) is 4.63. The van der Waals surface area contributed by atoms with Crippen LogP contribution in [0, 0.1) is 17.8 Å². The molecule has 1 aromatic carbocycles. The number of carbonyl (C=O) groups is 1. The van der Waals surface area contributed by atoms with Crippen molar-refractivity contribution in [2.45, 2.75) is 32.1 Å². The fraction of sp³-hybridized carbons (Fsp3) is 0.471. The molecule has 0 radical (unpaired) electrons. The Bertz CT molecular complexity index is 675. The van der Waals surface area contributed by atoms with Crippen molar-refractivity contribution in [3.05, 3.63) is 35.0 Å². The summed E-state index contributed by atoms with van der Waals surface area (Å²) in [4.78, 5) is 15.7. The summed E-state index contributed by atoms with van der Waals surface area (Å²) in [5, 5.41) is 1.70. The van der Waals surface area contributed by atoms with Gasteiger partial charge in [0, 0.05) is 34.1 Å². The molecule has 3 heteroatoms. The average molecular weight is 288 g/mol. The zero-order valence-corrected chi connectivity index (χ0v) is 12.1. The number of nitrogens with one attached hydrogen (secondary N) is 1. The number of halogens is 1. The Morgan fingerprint density at radius 2 is 2.20 bits per heavy atom. The fourth-order valence-electron chi connectivity index (χ4n) is 4.30. The summed E-state index contributed by atoms with van der Waals surface area (Å²) in [7, 11) is 0. The van der Waals surface area contributed by atoms with Gasteiger partial charge in [0.15, 0.2) is 5.78 Å². The monoisotopic (exact) mass is 287 g/mol. The molecular formula is C17H18ClNO. The Labute approximate surface area is 123 Å². The quantitative estimate of drug-likeness (QED) is 0.806. The van der Waals surface area contributed by atoms with Crippen molar-refractivity contribution in [3.63, 3.8) is 0 Å². The molecule has 2 aliphatic carbocycles. The number of carbonyl (C=O) groups excluding carboxylic acids is 1. The molecule has 0 amide bonds. The maximum atomic E-state index is 12.6. The van der Waals surface area contributed by atoms with Crippen molar-refractivity contribution in [1.82, 2.24) is 4.98 Å². The molecule has 2 aliphatic rings. The number of benzene rings is 1. The summed E-state index contributed by atoms with van der Waals surface area (Å²) in [5.41, 5.74) is 1.79. The van der Waals surface area contributed by atoms with Crippen LogP contribution >= 0.6 is 11.6 Å². The maximum absolute atomic E-state index is 12.6. The van der Waals surface area contributed by atoms with E-state index in [2.05, 4.69) is 4.98 Å². The molecule has 1 aromatic heterocycles. The number of rotatable bonds is 3. The molecule has 20 heavy (non-hydrogen) atoms. The van der Waals surface area contributed by atoms with E-state index in [0.717, 1.165) is 34.7 Å². The minimum absolute atomic E-state index is 0.288. The highest BCUT2D eigenvalue weighted by Crippen LogP contribution is 2.49. The van der Waals surface area contributed by atoms with Gasteiger partial charge in [0.05, 0.1) is 0 Å². The fourth-order valence-corrected chi connectivity index (χ4v) is 4.48. The van der Waals surface area contributed by atoms with Gasteiger partial charge in [-0.2, -0.15) is 0 Å². The summed E-state index contributed by atoms with van der Waals surface area (Å²) in [6, 6.07) is 5.68. The second-order valence-electron chi connectivity index (χ2n) is 6.45. The van der Waals surface area contributed by atoms with Gasteiger partial charge in [-0.25, -0.2) is 0 Å². The summed E-state index contributed by atoms with van der Waals surface area (Å²) < 4.78 is 0. The molecule has 4 rings (SSSR count). The van der Waals surface area contributed by atoms with Crippen molar-refractivity contribution < 1.29 is 4.79 Å². The van der Waals surface area contributed by atoms with Gasteiger partial charge in [0.25, 0.3) is 0 Å². The van der Waals surface area contributed by atoms with Crippen LogP contribution in [0.1, 0.15) is 42.5 Å². The number of hydrogen-bond donors (Lipinski definition) is 1. The molecule has 0 spiro atoms. The molecule has 2 nitrogen and oxygen atoms in total. The van der Waals surface area contributed by atoms with Crippen LogP contribution in [0.15, 0.2) is 24.4 Å². The molecule has 1 heterocycles. The van der Waals surface area contributed by atoms with Gasteiger partial charge in [-0.15, -0.1) is 0 Å². The number of aromatic nitrogens is 1. The number of hydrogen-bond acceptors (Lipinski definition) is 1. The van der Waals surface area contributed by atoms with Crippen LogP contribution in [0.3, 0.4) is 0 Å². The summed E-state index contributed by atoms with van der Waals surface area (Å²) in [6.45, 7) is 0. The molecule has 2 saturated carbocycles. The smallest absolute Gasteiger partial charge is 0.165 e. The first-order chi connectivity index (χ1) is 9.70. The van der Waals surface area contributed by atoms with E-state index in [0.29, 0.717) is 10.9 Å². The van der Waals surface area contributed by atoms with E-state index in [-0.39, 0.29) is 5.78 Å². The van der Waals surface area contributed by atoms with Crippen molar-refractivity contribution in [1.29, 1.82) is 0 Å². The highest BCUT2D eigenvalue weighted by molar-refractivity contribution is 6.31. The summed E-state index contributed by atoms with van der Waals surface area (Å²) in [5.74, 6) is 2.62. The lowest BCUT2D eigenvalue weighted by atomic mass is 9.84. The molecule has 0 saturated heterocycles. The number of H-pyrrole nitrogens is 1. The van der Waals surface area contributed by atoms with Crippen LogP contribution in [0.4, 0.5) is 0 Å². The lowest BCUT2D eigenvalue weighted by molar-refractivity contribution is 0.0946. The number of ketones is 1. The average Bonchev–Trinajstić information content (AvgIpc) is 3.11. The van der Waals surface area contributed by atoms with Gasteiger partial charge in [0.2, 0.25) is 0 Å². The van der Waals surface area contributed by atoms with Gasteiger partial charge >= 0.3 is 0 Å². The first-order valence-electron chi connectivity index (χ1n) is 7.50. The Hall–Kier alpha value is -1.28. The van der Waals surface area contributed by atoms with Crippen LogP contribution < -0.4 is 0 Å². The molecule has 2 aromatic rings. The topological polar surface area (TPSA) is 32.9 Å².